The van der Waals surface area contributed by atoms with Crippen LogP contribution in [-0.4, -0.2) is 52.4 Å². The van der Waals surface area contributed by atoms with E-state index in [2.05, 4.69) is 4.74 Å². The van der Waals surface area contributed by atoms with E-state index in [0.29, 0.717) is 0 Å². The molecule has 0 fully saturated rings. The van der Waals surface area contributed by atoms with E-state index in [9.17, 15) is 18.0 Å². The topological polar surface area (TPSA) is 116 Å². The molecule has 0 spiro atoms. The lowest BCUT2D eigenvalue weighted by molar-refractivity contribution is -0.140. The van der Waals surface area contributed by atoms with Crippen LogP contribution in [0.5, 0.6) is 5.75 Å². The lowest BCUT2D eigenvalue weighted by Crippen LogP contribution is -2.32. The average Bonchev–Trinajstić information content (AvgIpc) is 2.45. The Labute approximate surface area is 122 Å². The number of ether oxygens (including phenoxy) is 2. The summed E-state index contributed by atoms with van der Waals surface area (Å²) in [5.41, 5.74) is 5.11. The first kappa shape index (κ1) is 16.9. The van der Waals surface area contributed by atoms with Crippen LogP contribution in [0, 0.1) is 0 Å². The minimum absolute atomic E-state index is 0.0648. The van der Waals surface area contributed by atoms with Crippen LogP contribution in [-0.2, 0) is 19.6 Å². The van der Waals surface area contributed by atoms with Gasteiger partial charge in [0, 0.05) is 7.05 Å². The monoisotopic (exact) mass is 316 g/mol. The van der Waals surface area contributed by atoms with Crippen LogP contribution in [0.1, 0.15) is 10.4 Å². The number of methoxy groups -OCH3 is 2. The van der Waals surface area contributed by atoms with Crippen LogP contribution in [0.25, 0.3) is 0 Å². The van der Waals surface area contributed by atoms with Gasteiger partial charge in [0.25, 0.3) is 5.91 Å². The second-order valence-corrected chi connectivity index (χ2v) is 6.11. The molecule has 0 saturated carbocycles. The zero-order valence-corrected chi connectivity index (χ0v) is 12.6. The molecule has 9 heteroatoms. The number of likely N-dealkylation sites (N-methyl/N-ethyl adjacent to an activating group) is 1. The number of primary amides is 1. The summed E-state index contributed by atoms with van der Waals surface area (Å²) in [6.07, 6.45) is 0. The van der Waals surface area contributed by atoms with E-state index >= 15 is 0 Å². The molecule has 0 heterocycles. The fourth-order valence-electron chi connectivity index (χ4n) is 1.55. The third kappa shape index (κ3) is 3.70. The predicted molar refractivity (Wildman–Crippen MR) is 73.3 cm³/mol. The third-order valence-corrected chi connectivity index (χ3v) is 4.52. The van der Waals surface area contributed by atoms with E-state index in [1.165, 1.54) is 26.3 Å². The highest BCUT2D eigenvalue weighted by molar-refractivity contribution is 7.89. The Morgan fingerprint density at radius 2 is 1.90 bits per heavy atom. The number of esters is 1. The van der Waals surface area contributed by atoms with Crippen molar-refractivity contribution in [3.63, 3.8) is 0 Å². The largest absolute Gasteiger partial charge is 0.496 e. The maximum Gasteiger partial charge on any atom is 0.321 e. The van der Waals surface area contributed by atoms with E-state index in [-0.39, 0.29) is 16.2 Å². The zero-order chi connectivity index (χ0) is 16.2. The number of hydrogen-bond acceptors (Lipinski definition) is 6. The molecular formula is C12H16N2O6S. The van der Waals surface area contributed by atoms with Gasteiger partial charge in [-0.3, -0.25) is 9.59 Å². The summed E-state index contributed by atoms with van der Waals surface area (Å²) in [4.78, 5) is 22.3. The molecule has 0 saturated heterocycles. The average molecular weight is 316 g/mol. The van der Waals surface area contributed by atoms with Gasteiger partial charge in [-0.2, -0.15) is 4.31 Å². The number of hydrogen-bond donors (Lipinski definition) is 1. The number of nitrogens with zero attached hydrogens (tertiary/aromatic N) is 1. The van der Waals surface area contributed by atoms with E-state index in [1.54, 1.807) is 0 Å². The molecule has 0 radical (unpaired) electrons. The van der Waals surface area contributed by atoms with Gasteiger partial charge in [0.2, 0.25) is 10.0 Å². The van der Waals surface area contributed by atoms with Crippen LogP contribution >= 0.6 is 0 Å². The number of benzene rings is 1. The molecule has 1 aromatic rings. The number of rotatable bonds is 6. The van der Waals surface area contributed by atoms with Gasteiger partial charge < -0.3 is 15.2 Å². The highest BCUT2D eigenvalue weighted by Gasteiger charge is 2.25. The summed E-state index contributed by atoms with van der Waals surface area (Å²) >= 11 is 0. The maximum absolute atomic E-state index is 12.3. The van der Waals surface area contributed by atoms with Crippen molar-refractivity contribution in [1.82, 2.24) is 4.31 Å². The molecule has 116 valence electrons. The minimum Gasteiger partial charge on any atom is -0.496 e. The first-order chi connectivity index (χ1) is 9.73. The number of carbonyl (C=O) groups excluding carboxylic acids is 2. The molecule has 0 aliphatic heterocycles. The minimum atomic E-state index is -3.96. The lowest BCUT2D eigenvalue weighted by atomic mass is 10.2. The van der Waals surface area contributed by atoms with Crippen LogP contribution in [0.3, 0.4) is 0 Å². The van der Waals surface area contributed by atoms with Crippen molar-refractivity contribution in [2.24, 2.45) is 5.73 Å². The summed E-state index contributed by atoms with van der Waals surface area (Å²) in [6, 6.07) is 3.68. The molecule has 0 bridgehead atoms. The number of sulfonamides is 1. The number of nitrogens with two attached hydrogens (primary N) is 1. The summed E-state index contributed by atoms with van der Waals surface area (Å²) < 4.78 is 34.7. The molecule has 1 amide bonds. The molecule has 0 aliphatic carbocycles. The third-order valence-electron chi connectivity index (χ3n) is 2.72. The fourth-order valence-corrected chi connectivity index (χ4v) is 2.69. The van der Waals surface area contributed by atoms with E-state index < -0.39 is 28.4 Å². The molecule has 2 N–H and O–H groups in total. The molecule has 0 aromatic heterocycles. The van der Waals surface area contributed by atoms with Gasteiger partial charge in [-0.25, -0.2) is 8.42 Å². The zero-order valence-electron chi connectivity index (χ0n) is 11.8. The van der Waals surface area contributed by atoms with E-state index in [0.717, 1.165) is 17.5 Å². The van der Waals surface area contributed by atoms with Crippen molar-refractivity contribution in [3.05, 3.63) is 23.8 Å². The summed E-state index contributed by atoms with van der Waals surface area (Å²) in [6.45, 7) is -0.448. The summed E-state index contributed by atoms with van der Waals surface area (Å²) in [5, 5.41) is 0. The van der Waals surface area contributed by atoms with Crippen molar-refractivity contribution in [2.45, 2.75) is 4.90 Å². The molecule has 0 aliphatic rings. The quantitative estimate of drug-likeness (QED) is 0.713. The van der Waals surface area contributed by atoms with E-state index in [1.807, 2.05) is 0 Å². The molecule has 1 rings (SSSR count). The number of amides is 1. The van der Waals surface area contributed by atoms with Gasteiger partial charge in [-0.15, -0.1) is 0 Å². The lowest BCUT2D eigenvalue weighted by Gasteiger charge is -2.16. The van der Waals surface area contributed by atoms with Crippen LogP contribution in [0.15, 0.2) is 23.1 Å². The summed E-state index contributed by atoms with van der Waals surface area (Å²) in [7, 11) is -0.247. The Hall–Kier alpha value is -2.13. The molecule has 0 atom stereocenters. The van der Waals surface area contributed by atoms with Gasteiger partial charge >= 0.3 is 5.97 Å². The molecule has 0 unspecified atom stereocenters. The fraction of sp³-hybridized carbons (Fsp3) is 0.333. The van der Waals surface area contributed by atoms with Crippen LogP contribution in [0.4, 0.5) is 0 Å². The Morgan fingerprint density at radius 3 is 2.38 bits per heavy atom. The maximum atomic E-state index is 12.3. The normalized spacial score (nSPS) is 11.2. The molecule has 21 heavy (non-hydrogen) atoms. The second-order valence-electron chi connectivity index (χ2n) is 4.06. The first-order valence-electron chi connectivity index (χ1n) is 5.75. The smallest absolute Gasteiger partial charge is 0.321 e. The van der Waals surface area contributed by atoms with Crippen LogP contribution < -0.4 is 10.5 Å². The molecule has 8 nitrogen and oxygen atoms in total. The van der Waals surface area contributed by atoms with E-state index in [4.69, 9.17) is 10.5 Å². The SMILES string of the molecule is COC(=O)CN(C)S(=O)(=O)c1ccc(OC)c(C(N)=O)c1. The van der Waals surface area contributed by atoms with Crippen molar-refractivity contribution >= 4 is 21.9 Å². The Kier molecular flexibility index (Phi) is 5.28. The van der Waals surface area contributed by atoms with Gasteiger partial charge in [-0.05, 0) is 18.2 Å². The van der Waals surface area contributed by atoms with Crippen molar-refractivity contribution in [3.8, 4) is 5.75 Å². The number of carbonyl (C=O) groups is 2. The Balaban J connectivity index is 3.23. The Morgan fingerprint density at radius 1 is 1.29 bits per heavy atom. The highest BCUT2D eigenvalue weighted by Crippen LogP contribution is 2.23. The molecule has 1 aromatic carbocycles. The molecular weight excluding hydrogens is 300 g/mol. The van der Waals surface area contributed by atoms with Gasteiger partial charge in [0.05, 0.1) is 24.7 Å². The van der Waals surface area contributed by atoms with Gasteiger partial charge in [0.1, 0.15) is 12.3 Å². The van der Waals surface area contributed by atoms with Crippen LogP contribution in [0.2, 0.25) is 0 Å². The highest BCUT2D eigenvalue weighted by atomic mass is 32.2. The van der Waals surface area contributed by atoms with Gasteiger partial charge in [-0.1, -0.05) is 0 Å². The predicted octanol–water partition coefficient (Wildman–Crippen LogP) is -0.412. The Bertz CT molecular complexity index is 656. The first-order valence-corrected chi connectivity index (χ1v) is 7.19. The van der Waals surface area contributed by atoms with Crippen molar-refractivity contribution in [2.75, 3.05) is 27.8 Å². The van der Waals surface area contributed by atoms with Gasteiger partial charge in [0.15, 0.2) is 0 Å². The standard InChI is InChI=1S/C12H16N2O6S/c1-14(7-11(15)20-3)21(17,18)8-4-5-10(19-2)9(6-8)12(13)16/h4-6H,7H2,1-3H3,(H2,13,16). The second kappa shape index (κ2) is 6.55. The summed E-state index contributed by atoms with van der Waals surface area (Å²) in [5.74, 6) is -1.36. The van der Waals surface area contributed by atoms with Crippen molar-refractivity contribution in [1.29, 1.82) is 0 Å². The van der Waals surface area contributed by atoms with Crippen molar-refractivity contribution < 1.29 is 27.5 Å².